The maximum atomic E-state index is 12.7. The van der Waals surface area contributed by atoms with E-state index in [0.29, 0.717) is 12.2 Å². The van der Waals surface area contributed by atoms with Crippen LogP contribution in [0.2, 0.25) is 0 Å². The molecule has 0 bridgehead atoms. The van der Waals surface area contributed by atoms with E-state index in [1.165, 1.54) is 4.57 Å². The standard InChI is InChI=1S/C16H17N3O2/c1-18-9-3-6-12(15(18)20)16(21)19-10-4-5-11-13(17)7-2-8-14(11)19/h2-3,6-9H,4-5,10,17H2,1H3. The Kier molecular flexibility index (Phi) is 3.25. The molecule has 0 saturated carbocycles. The Balaban J connectivity index is 2.07. The quantitative estimate of drug-likeness (QED) is 0.808. The zero-order valence-corrected chi connectivity index (χ0v) is 11.9. The summed E-state index contributed by atoms with van der Waals surface area (Å²) in [5, 5.41) is 0. The molecular weight excluding hydrogens is 266 g/mol. The van der Waals surface area contributed by atoms with Crippen LogP contribution in [-0.2, 0) is 13.5 Å². The zero-order valence-electron chi connectivity index (χ0n) is 11.9. The molecular formula is C16H17N3O2. The zero-order chi connectivity index (χ0) is 15.0. The molecule has 3 rings (SSSR count). The van der Waals surface area contributed by atoms with Gasteiger partial charge in [0.2, 0.25) is 0 Å². The highest BCUT2D eigenvalue weighted by molar-refractivity contribution is 6.06. The van der Waals surface area contributed by atoms with Crippen LogP contribution in [0.15, 0.2) is 41.3 Å². The summed E-state index contributed by atoms with van der Waals surface area (Å²) in [6.07, 6.45) is 3.35. The minimum atomic E-state index is -0.279. The molecule has 0 atom stereocenters. The molecule has 5 nitrogen and oxygen atoms in total. The van der Waals surface area contributed by atoms with Gasteiger partial charge in [-0.3, -0.25) is 9.59 Å². The van der Waals surface area contributed by atoms with Crippen molar-refractivity contribution in [3.05, 3.63) is 58.0 Å². The summed E-state index contributed by atoms with van der Waals surface area (Å²) in [6, 6.07) is 8.84. The summed E-state index contributed by atoms with van der Waals surface area (Å²) < 4.78 is 1.41. The van der Waals surface area contributed by atoms with Gasteiger partial charge in [-0.1, -0.05) is 6.07 Å². The first-order valence-corrected chi connectivity index (χ1v) is 6.94. The topological polar surface area (TPSA) is 68.3 Å². The van der Waals surface area contributed by atoms with Crippen LogP contribution in [-0.4, -0.2) is 17.0 Å². The molecule has 0 spiro atoms. The van der Waals surface area contributed by atoms with Crippen LogP contribution in [0.25, 0.3) is 0 Å². The third-order valence-corrected chi connectivity index (χ3v) is 3.89. The van der Waals surface area contributed by atoms with Crippen molar-refractivity contribution < 1.29 is 4.79 Å². The molecule has 2 N–H and O–H groups in total. The number of carbonyl (C=O) groups excluding carboxylic acids is 1. The van der Waals surface area contributed by atoms with Gasteiger partial charge in [0.1, 0.15) is 5.56 Å². The summed E-state index contributed by atoms with van der Waals surface area (Å²) in [7, 11) is 1.64. The van der Waals surface area contributed by atoms with E-state index in [1.54, 1.807) is 30.3 Å². The van der Waals surface area contributed by atoms with Crippen LogP contribution in [0.4, 0.5) is 11.4 Å². The van der Waals surface area contributed by atoms with Crippen molar-refractivity contribution in [3.63, 3.8) is 0 Å². The van der Waals surface area contributed by atoms with Crippen molar-refractivity contribution in [1.82, 2.24) is 4.57 Å². The van der Waals surface area contributed by atoms with E-state index in [9.17, 15) is 9.59 Å². The lowest BCUT2D eigenvalue weighted by Crippen LogP contribution is -2.39. The Bertz CT molecular complexity index is 764. The monoisotopic (exact) mass is 283 g/mol. The van der Waals surface area contributed by atoms with E-state index in [4.69, 9.17) is 5.73 Å². The van der Waals surface area contributed by atoms with Gasteiger partial charge in [0.15, 0.2) is 0 Å². The van der Waals surface area contributed by atoms with Crippen molar-refractivity contribution in [2.24, 2.45) is 7.05 Å². The van der Waals surface area contributed by atoms with Gasteiger partial charge in [0, 0.05) is 31.2 Å². The lowest BCUT2D eigenvalue weighted by molar-refractivity contribution is 0.0983. The van der Waals surface area contributed by atoms with E-state index < -0.39 is 0 Å². The maximum Gasteiger partial charge on any atom is 0.263 e. The van der Waals surface area contributed by atoms with Gasteiger partial charge >= 0.3 is 0 Å². The predicted molar refractivity (Wildman–Crippen MR) is 82.5 cm³/mol. The summed E-state index contributed by atoms with van der Waals surface area (Å²) >= 11 is 0. The lowest BCUT2D eigenvalue weighted by atomic mass is 9.99. The minimum Gasteiger partial charge on any atom is -0.398 e. The van der Waals surface area contributed by atoms with Gasteiger partial charge in [0.05, 0.1) is 0 Å². The Hall–Kier alpha value is -2.56. The van der Waals surface area contributed by atoms with Gasteiger partial charge in [-0.25, -0.2) is 0 Å². The normalized spacial score (nSPS) is 13.9. The number of pyridine rings is 1. The largest absolute Gasteiger partial charge is 0.398 e. The number of hydrogen-bond acceptors (Lipinski definition) is 3. The van der Waals surface area contributed by atoms with Gasteiger partial charge in [-0.05, 0) is 42.7 Å². The summed E-state index contributed by atoms with van der Waals surface area (Å²) in [5.41, 5.74) is 8.41. The third kappa shape index (κ3) is 2.20. The van der Waals surface area contributed by atoms with Crippen molar-refractivity contribution in [1.29, 1.82) is 0 Å². The van der Waals surface area contributed by atoms with Crippen LogP contribution in [0.3, 0.4) is 0 Å². The van der Waals surface area contributed by atoms with E-state index in [0.717, 1.165) is 24.1 Å². The summed E-state index contributed by atoms with van der Waals surface area (Å²) in [6.45, 7) is 0.604. The highest BCUT2D eigenvalue weighted by atomic mass is 16.2. The van der Waals surface area contributed by atoms with Gasteiger partial charge in [0.25, 0.3) is 11.5 Å². The molecule has 2 heterocycles. The van der Waals surface area contributed by atoms with Crippen molar-refractivity contribution >= 4 is 17.3 Å². The number of amides is 1. The number of nitrogens with zero attached hydrogens (tertiary/aromatic N) is 2. The number of nitrogen functional groups attached to an aromatic ring is 1. The smallest absolute Gasteiger partial charge is 0.263 e. The molecule has 0 unspecified atom stereocenters. The van der Waals surface area contributed by atoms with Crippen molar-refractivity contribution in [3.8, 4) is 0 Å². The maximum absolute atomic E-state index is 12.7. The molecule has 21 heavy (non-hydrogen) atoms. The molecule has 108 valence electrons. The van der Waals surface area contributed by atoms with E-state index in [-0.39, 0.29) is 17.0 Å². The highest BCUT2D eigenvalue weighted by Gasteiger charge is 2.26. The number of aryl methyl sites for hydroxylation is 1. The first-order chi connectivity index (χ1) is 10.1. The summed E-state index contributed by atoms with van der Waals surface area (Å²) in [5.74, 6) is -0.261. The number of rotatable bonds is 1. The second-order valence-electron chi connectivity index (χ2n) is 5.24. The molecule has 0 fully saturated rings. The number of hydrogen-bond donors (Lipinski definition) is 1. The number of benzene rings is 1. The van der Waals surface area contributed by atoms with Crippen molar-refractivity contribution in [2.75, 3.05) is 17.2 Å². The van der Waals surface area contributed by atoms with E-state index in [1.807, 2.05) is 18.2 Å². The highest BCUT2D eigenvalue weighted by Crippen LogP contribution is 2.31. The Morgan fingerprint density at radius 3 is 2.86 bits per heavy atom. The number of carbonyl (C=O) groups is 1. The van der Waals surface area contributed by atoms with Gasteiger partial charge in [-0.15, -0.1) is 0 Å². The average Bonchev–Trinajstić information content (AvgIpc) is 2.49. The number of fused-ring (bicyclic) bond motifs is 1. The molecule has 0 radical (unpaired) electrons. The average molecular weight is 283 g/mol. The van der Waals surface area contributed by atoms with Crippen LogP contribution >= 0.6 is 0 Å². The summed E-state index contributed by atoms with van der Waals surface area (Å²) in [4.78, 5) is 26.5. The van der Waals surface area contributed by atoms with Crippen LogP contribution in [0.5, 0.6) is 0 Å². The van der Waals surface area contributed by atoms with E-state index in [2.05, 4.69) is 0 Å². The molecule has 1 aromatic carbocycles. The second-order valence-corrected chi connectivity index (χ2v) is 5.24. The van der Waals surface area contributed by atoms with Gasteiger partial charge in [-0.2, -0.15) is 0 Å². The molecule has 0 aliphatic carbocycles. The van der Waals surface area contributed by atoms with Gasteiger partial charge < -0.3 is 15.2 Å². The molecule has 1 aliphatic rings. The minimum absolute atomic E-state index is 0.190. The van der Waals surface area contributed by atoms with Crippen LogP contribution < -0.4 is 16.2 Å². The third-order valence-electron chi connectivity index (χ3n) is 3.89. The second kappa shape index (κ2) is 5.09. The fourth-order valence-corrected chi connectivity index (χ4v) is 2.77. The molecule has 0 saturated heterocycles. The van der Waals surface area contributed by atoms with Crippen molar-refractivity contribution in [2.45, 2.75) is 12.8 Å². The fraction of sp³-hybridized carbons (Fsp3) is 0.250. The number of nitrogens with two attached hydrogens (primary N) is 1. The SMILES string of the molecule is Cn1cccc(C(=O)N2CCCc3c(N)cccc32)c1=O. The van der Waals surface area contributed by atoms with Crippen LogP contribution in [0, 0.1) is 0 Å². The first-order valence-electron chi connectivity index (χ1n) is 6.94. The van der Waals surface area contributed by atoms with Crippen LogP contribution in [0.1, 0.15) is 22.3 Å². The first kappa shape index (κ1) is 13.4. The Morgan fingerprint density at radius 2 is 2.05 bits per heavy atom. The molecule has 1 amide bonds. The predicted octanol–water partition coefficient (Wildman–Crippen LogP) is 1.56. The number of aromatic nitrogens is 1. The lowest BCUT2D eigenvalue weighted by Gasteiger charge is -2.30. The molecule has 1 aliphatic heterocycles. The molecule has 1 aromatic heterocycles. The Morgan fingerprint density at radius 1 is 1.24 bits per heavy atom. The Labute approximate surface area is 122 Å². The molecule has 5 heteroatoms. The number of anilines is 2. The van der Waals surface area contributed by atoms with E-state index >= 15 is 0 Å². The fourth-order valence-electron chi connectivity index (χ4n) is 2.77. The molecule has 2 aromatic rings.